The van der Waals surface area contributed by atoms with Crippen molar-refractivity contribution in [3.63, 3.8) is 0 Å². The molecular formula is C21H28O2. The van der Waals surface area contributed by atoms with Crippen molar-refractivity contribution in [3.8, 4) is 0 Å². The predicted octanol–water partition coefficient (Wildman–Crippen LogP) is 4.50. The molecule has 0 saturated heterocycles. The maximum Gasteiger partial charge on any atom is 0.156 e. The second kappa shape index (κ2) is 4.91. The fourth-order valence-corrected chi connectivity index (χ4v) is 6.66. The van der Waals surface area contributed by atoms with E-state index in [4.69, 9.17) is 0 Å². The Bertz CT molecular complexity index is 628. The number of hydrogen-bond acceptors (Lipinski definition) is 2. The number of Topliss-reactive ketones (excluding diaryl/α,β-unsaturated/α-hetero) is 1. The van der Waals surface area contributed by atoms with Crippen molar-refractivity contribution in [2.24, 2.45) is 34.5 Å². The summed E-state index contributed by atoms with van der Waals surface area (Å²) in [4.78, 5) is 24.0. The van der Waals surface area contributed by atoms with Gasteiger partial charge in [-0.3, -0.25) is 9.59 Å². The van der Waals surface area contributed by atoms with Crippen LogP contribution in [0.4, 0.5) is 0 Å². The highest BCUT2D eigenvalue weighted by molar-refractivity contribution is 5.92. The topological polar surface area (TPSA) is 34.1 Å². The second-order valence-corrected chi connectivity index (χ2v) is 8.92. The van der Waals surface area contributed by atoms with Crippen molar-refractivity contribution in [3.05, 3.63) is 23.8 Å². The first kappa shape index (κ1) is 15.4. The molecule has 0 aromatic carbocycles. The molecule has 0 spiro atoms. The minimum Gasteiger partial charge on any atom is -0.300 e. The second-order valence-electron chi connectivity index (χ2n) is 8.92. The number of carbonyl (C=O) groups is 2. The summed E-state index contributed by atoms with van der Waals surface area (Å²) in [5.74, 6) is 2.83. The van der Waals surface area contributed by atoms with Gasteiger partial charge in [-0.05, 0) is 79.3 Å². The van der Waals surface area contributed by atoms with E-state index in [1.165, 1.54) is 24.8 Å². The Morgan fingerprint density at radius 1 is 1.13 bits per heavy atom. The summed E-state index contributed by atoms with van der Waals surface area (Å²) in [5.41, 5.74) is 1.63. The van der Waals surface area contributed by atoms with Gasteiger partial charge in [0, 0.05) is 12.3 Å². The Kier molecular flexibility index (Phi) is 3.28. The molecule has 2 unspecified atom stereocenters. The Labute approximate surface area is 139 Å². The molecule has 0 bridgehead atoms. The molecule has 2 nitrogen and oxygen atoms in total. The zero-order chi connectivity index (χ0) is 16.4. The number of rotatable bonds is 1. The Balaban J connectivity index is 1.72. The normalized spacial score (nSPS) is 48.3. The molecule has 2 fully saturated rings. The van der Waals surface area contributed by atoms with Crippen molar-refractivity contribution in [1.82, 2.24) is 0 Å². The zero-order valence-corrected chi connectivity index (χ0v) is 14.6. The monoisotopic (exact) mass is 312 g/mol. The minimum absolute atomic E-state index is 0.170. The van der Waals surface area contributed by atoms with Gasteiger partial charge in [-0.15, -0.1) is 0 Å². The average molecular weight is 312 g/mol. The molecule has 0 radical (unpaired) electrons. The maximum absolute atomic E-state index is 12.1. The Morgan fingerprint density at radius 3 is 2.65 bits per heavy atom. The summed E-state index contributed by atoms with van der Waals surface area (Å²) in [5, 5.41) is 0. The quantitative estimate of drug-likeness (QED) is 0.714. The maximum atomic E-state index is 12.1. The number of hydrogen-bond donors (Lipinski definition) is 0. The van der Waals surface area contributed by atoms with Gasteiger partial charge >= 0.3 is 0 Å². The lowest BCUT2D eigenvalue weighted by Gasteiger charge is -2.55. The average Bonchev–Trinajstić information content (AvgIpc) is 2.85. The SMILES string of the molecule is CC(=O)[C@H]1CCC2[C@@H]3C=CC4=CC(=O)CCC4(C)[C@@H]3CC[C@@]21C. The number of carbonyl (C=O) groups excluding carboxylic acids is 2. The van der Waals surface area contributed by atoms with Crippen molar-refractivity contribution in [1.29, 1.82) is 0 Å². The van der Waals surface area contributed by atoms with E-state index in [1.54, 1.807) is 6.92 Å². The summed E-state index contributed by atoms with van der Waals surface area (Å²) < 4.78 is 0. The third-order valence-electron chi connectivity index (χ3n) is 8.01. The van der Waals surface area contributed by atoms with Crippen LogP contribution in [0.25, 0.3) is 0 Å². The standard InChI is InChI=1S/C21H28O2/c1-13(22)17-6-7-18-16-5-4-14-12-15(23)8-10-20(14,2)19(16)9-11-21(17,18)3/h4-5,12,16-19H,6-11H2,1-3H3/t16-,17+,18?,19+,20?,21+/m0/s1. The third-order valence-corrected chi connectivity index (χ3v) is 8.01. The number of ketones is 2. The van der Waals surface area contributed by atoms with Gasteiger partial charge in [0.2, 0.25) is 0 Å². The largest absolute Gasteiger partial charge is 0.300 e. The van der Waals surface area contributed by atoms with Crippen molar-refractivity contribution >= 4 is 11.6 Å². The fourth-order valence-electron chi connectivity index (χ4n) is 6.66. The fraction of sp³-hybridized carbons (Fsp3) is 0.714. The van der Waals surface area contributed by atoms with Crippen LogP contribution in [0.2, 0.25) is 0 Å². The molecule has 2 heteroatoms. The van der Waals surface area contributed by atoms with Crippen LogP contribution in [0.1, 0.15) is 59.3 Å². The van der Waals surface area contributed by atoms with Crippen LogP contribution in [0, 0.1) is 34.5 Å². The minimum atomic E-state index is 0.170. The molecule has 4 rings (SSSR count). The van der Waals surface area contributed by atoms with Gasteiger partial charge in [0.1, 0.15) is 5.78 Å². The molecule has 0 N–H and O–H groups in total. The van der Waals surface area contributed by atoms with Gasteiger partial charge in [-0.1, -0.05) is 26.0 Å². The molecule has 4 aliphatic carbocycles. The number of allylic oxidation sites excluding steroid dienone is 4. The lowest BCUT2D eigenvalue weighted by Crippen LogP contribution is -2.49. The first-order valence-electron chi connectivity index (χ1n) is 9.30. The van der Waals surface area contributed by atoms with E-state index in [1.807, 2.05) is 6.08 Å². The molecule has 124 valence electrons. The molecule has 0 aromatic heterocycles. The molecule has 0 aliphatic heterocycles. The summed E-state index contributed by atoms with van der Waals surface area (Å²) in [6.45, 7) is 6.54. The van der Waals surface area contributed by atoms with E-state index in [2.05, 4.69) is 26.0 Å². The Morgan fingerprint density at radius 2 is 1.91 bits per heavy atom. The molecule has 0 aromatic rings. The molecular weight excluding hydrogens is 284 g/mol. The van der Waals surface area contributed by atoms with Gasteiger partial charge < -0.3 is 0 Å². The number of fused-ring (bicyclic) bond motifs is 5. The van der Waals surface area contributed by atoms with E-state index in [-0.39, 0.29) is 16.7 Å². The first-order valence-corrected chi connectivity index (χ1v) is 9.30. The van der Waals surface area contributed by atoms with Crippen LogP contribution >= 0.6 is 0 Å². The lowest BCUT2D eigenvalue weighted by atomic mass is 9.48. The molecule has 0 amide bonds. The van der Waals surface area contributed by atoms with E-state index >= 15 is 0 Å². The first-order chi connectivity index (χ1) is 10.9. The van der Waals surface area contributed by atoms with E-state index in [9.17, 15) is 9.59 Å². The van der Waals surface area contributed by atoms with E-state index in [0.29, 0.717) is 35.7 Å². The lowest BCUT2D eigenvalue weighted by molar-refractivity contribution is -0.127. The highest BCUT2D eigenvalue weighted by Crippen LogP contribution is 2.65. The molecule has 2 saturated carbocycles. The van der Waals surface area contributed by atoms with E-state index in [0.717, 1.165) is 12.8 Å². The summed E-state index contributed by atoms with van der Waals surface area (Å²) in [6, 6.07) is 0. The van der Waals surface area contributed by atoms with Crippen molar-refractivity contribution in [2.45, 2.75) is 59.3 Å². The van der Waals surface area contributed by atoms with Crippen LogP contribution in [-0.4, -0.2) is 11.6 Å². The van der Waals surface area contributed by atoms with Gasteiger partial charge in [0.05, 0.1) is 0 Å². The summed E-state index contributed by atoms with van der Waals surface area (Å²) in [6.07, 6.45) is 12.9. The van der Waals surface area contributed by atoms with Crippen LogP contribution in [0.3, 0.4) is 0 Å². The van der Waals surface area contributed by atoms with Crippen LogP contribution in [-0.2, 0) is 9.59 Å². The molecule has 4 aliphatic rings. The summed E-state index contributed by atoms with van der Waals surface area (Å²) in [7, 11) is 0. The Hall–Kier alpha value is -1.18. The smallest absolute Gasteiger partial charge is 0.156 e. The van der Waals surface area contributed by atoms with Gasteiger partial charge in [0.25, 0.3) is 0 Å². The van der Waals surface area contributed by atoms with Crippen molar-refractivity contribution < 1.29 is 9.59 Å². The highest BCUT2D eigenvalue weighted by atomic mass is 16.1. The third kappa shape index (κ3) is 1.99. The molecule has 6 atom stereocenters. The molecule has 0 heterocycles. The van der Waals surface area contributed by atoms with Gasteiger partial charge in [0.15, 0.2) is 5.78 Å². The van der Waals surface area contributed by atoms with Gasteiger partial charge in [-0.2, -0.15) is 0 Å². The zero-order valence-electron chi connectivity index (χ0n) is 14.6. The van der Waals surface area contributed by atoms with Crippen LogP contribution in [0.15, 0.2) is 23.8 Å². The van der Waals surface area contributed by atoms with Crippen LogP contribution in [0.5, 0.6) is 0 Å². The highest BCUT2D eigenvalue weighted by Gasteiger charge is 2.58. The van der Waals surface area contributed by atoms with Crippen molar-refractivity contribution in [2.75, 3.05) is 0 Å². The predicted molar refractivity (Wildman–Crippen MR) is 90.8 cm³/mol. The summed E-state index contributed by atoms with van der Waals surface area (Å²) >= 11 is 0. The van der Waals surface area contributed by atoms with Gasteiger partial charge in [-0.25, -0.2) is 0 Å². The van der Waals surface area contributed by atoms with E-state index < -0.39 is 0 Å². The van der Waals surface area contributed by atoms with Crippen LogP contribution < -0.4 is 0 Å². The molecule has 23 heavy (non-hydrogen) atoms.